The Morgan fingerprint density at radius 2 is 2.25 bits per heavy atom. The average molecular weight is 291 g/mol. The van der Waals surface area contributed by atoms with E-state index in [0.29, 0.717) is 0 Å². The van der Waals surface area contributed by atoms with E-state index in [1.807, 2.05) is 18.2 Å². The zero-order valence-electron chi connectivity index (χ0n) is 6.05. The first-order valence-corrected chi connectivity index (χ1v) is 5.33. The summed E-state index contributed by atoms with van der Waals surface area (Å²) < 4.78 is 6.09. The second-order valence-electron chi connectivity index (χ2n) is 2.38. The maximum absolute atomic E-state index is 5.14. The molecule has 2 aromatic rings. The summed E-state index contributed by atoms with van der Waals surface area (Å²) in [5.74, 6) is 0. The SMILES string of the molecule is BrCc1noc2c(Br)cccc12. The fourth-order valence-corrected chi connectivity index (χ4v) is 1.92. The summed E-state index contributed by atoms with van der Waals surface area (Å²) in [6, 6.07) is 5.90. The molecule has 62 valence electrons. The first kappa shape index (κ1) is 8.26. The molecule has 2 rings (SSSR count). The first-order valence-electron chi connectivity index (χ1n) is 3.41. The molecule has 0 fully saturated rings. The van der Waals surface area contributed by atoms with E-state index in [2.05, 4.69) is 37.0 Å². The quantitative estimate of drug-likeness (QED) is 0.752. The standard InChI is InChI=1S/C8H5Br2NO/c9-4-7-5-2-1-3-6(10)8(5)12-11-7/h1-3H,4H2. The van der Waals surface area contributed by atoms with E-state index < -0.39 is 0 Å². The van der Waals surface area contributed by atoms with Crippen LogP contribution in [0.5, 0.6) is 0 Å². The molecule has 12 heavy (non-hydrogen) atoms. The van der Waals surface area contributed by atoms with Crippen molar-refractivity contribution in [3.63, 3.8) is 0 Å². The minimum Gasteiger partial charge on any atom is -0.355 e. The lowest BCUT2D eigenvalue weighted by Gasteiger charge is -1.89. The molecule has 0 aliphatic rings. The van der Waals surface area contributed by atoms with E-state index in [1.165, 1.54) is 0 Å². The Bertz CT molecular complexity index is 410. The van der Waals surface area contributed by atoms with Gasteiger partial charge in [0.1, 0.15) is 5.69 Å². The van der Waals surface area contributed by atoms with Crippen LogP contribution in [-0.4, -0.2) is 5.16 Å². The van der Waals surface area contributed by atoms with Gasteiger partial charge in [-0.25, -0.2) is 0 Å². The minimum absolute atomic E-state index is 0.719. The van der Waals surface area contributed by atoms with E-state index in [0.717, 1.165) is 26.5 Å². The molecule has 0 atom stereocenters. The van der Waals surface area contributed by atoms with Crippen LogP contribution in [0.15, 0.2) is 27.2 Å². The number of aromatic nitrogens is 1. The molecule has 0 bridgehead atoms. The molecule has 4 heteroatoms. The zero-order valence-corrected chi connectivity index (χ0v) is 9.22. The molecule has 0 amide bonds. The van der Waals surface area contributed by atoms with Crippen molar-refractivity contribution < 1.29 is 4.52 Å². The monoisotopic (exact) mass is 289 g/mol. The summed E-state index contributed by atoms with van der Waals surface area (Å²) in [5, 5.41) is 5.70. The number of halogens is 2. The van der Waals surface area contributed by atoms with Crippen molar-refractivity contribution in [3.05, 3.63) is 28.4 Å². The van der Waals surface area contributed by atoms with Crippen LogP contribution in [0, 0.1) is 0 Å². The van der Waals surface area contributed by atoms with Gasteiger partial charge in [-0.1, -0.05) is 27.2 Å². The van der Waals surface area contributed by atoms with Crippen LogP contribution in [0.1, 0.15) is 5.69 Å². The van der Waals surface area contributed by atoms with Gasteiger partial charge in [-0.3, -0.25) is 0 Å². The number of nitrogens with zero attached hydrogens (tertiary/aromatic N) is 1. The van der Waals surface area contributed by atoms with Crippen molar-refractivity contribution in [1.29, 1.82) is 0 Å². The van der Waals surface area contributed by atoms with Gasteiger partial charge in [0.05, 0.1) is 4.47 Å². The third-order valence-electron chi connectivity index (χ3n) is 1.65. The maximum atomic E-state index is 5.14. The third-order valence-corrected chi connectivity index (χ3v) is 2.81. The summed E-state index contributed by atoms with van der Waals surface area (Å²) in [4.78, 5) is 0. The predicted octanol–water partition coefficient (Wildman–Crippen LogP) is 3.49. The maximum Gasteiger partial charge on any atom is 0.181 e. The fraction of sp³-hybridized carbons (Fsp3) is 0.125. The number of rotatable bonds is 1. The number of fused-ring (bicyclic) bond motifs is 1. The Hall–Kier alpha value is -0.350. The van der Waals surface area contributed by atoms with Gasteiger partial charge in [0.15, 0.2) is 5.58 Å². The van der Waals surface area contributed by atoms with Crippen LogP contribution in [0.2, 0.25) is 0 Å². The van der Waals surface area contributed by atoms with Crippen LogP contribution in [-0.2, 0) is 5.33 Å². The number of hydrogen-bond donors (Lipinski definition) is 0. The number of benzene rings is 1. The second kappa shape index (κ2) is 3.18. The highest BCUT2D eigenvalue weighted by Gasteiger charge is 2.08. The summed E-state index contributed by atoms with van der Waals surface area (Å²) in [6.07, 6.45) is 0. The normalized spacial score (nSPS) is 10.8. The Labute approximate surface area is 86.2 Å². The number of para-hydroxylation sites is 1. The zero-order chi connectivity index (χ0) is 8.55. The molecular weight excluding hydrogens is 286 g/mol. The molecule has 1 aromatic carbocycles. The van der Waals surface area contributed by atoms with E-state index in [1.54, 1.807) is 0 Å². The van der Waals surface area contributed by atoms with Gasteiger partial charge in [-0.05, 0) is 28.1 Å². The Balaban J connectivity index is 2.80. The lowest BCUT2D eigenvalue weighted by Crippen LogP contribution is -1.75. The Morgan fingerprint density at radius 3 is 3.00 bits per heavy atom. The van der Waals surface area contributed by atoms with Gasteiger partial charge in [0.2, 0.25) is 0 Å². The van der Waals surface area contributed by atoms with E-state index >= 15 is 0 Å². The lowest BCUT2D eigenvalue weighted by molar-refractivity contribution is 0.448. The number of hydrogen-bond acceptors (Lipinski definition) is 2. The Morgan fingerprint density at radius 1 is 1.42 bits per heavy atom. The van der Waals surface area contributed by atoms with Gasteiger partial charge < -0.3 is 4.52 Å². The molecule has 0 aliphatic carbocycles. The van der Waals surface area contributed by atoms with E-state index in [9.17, 15) is 0 Å². The lowest BCUT2D eigenvalue weighted by atomic mass is 10.2. The van der Waals surface area contributed by atoms with Gasteiger partial charge in [0, 0.05) is 10.7 Å². The summed E-state index contributed by atoms with van der Waals surface area (Å²) in [5.41, 5.74) is 1.75. The largest absolute Gasteiger partial charge is 0.355 e. The smallest absolute Gasteiger partial charge is 0.181 e. The van der Waals surface area contributed by atoms with Crippen molar-refractivity contribution >= 4 is 42.8 Å². The van der Waals surface area contributed by atoms with E-state index in [-0.39, 0.29) is 0 Å². The summed E-state index contributed by atoms with van der Waals surface area (Å²) in [6.45, 7) is 0. The highest BCUT2D eigenvalue weighted by Crippen LogP contribution is 2.26. The van der Waals surface area contributed by atoms with Crippen molar-refractivity contribution in [3.8, 4) is 0 Å². The van der Waals surface area contributed by atoms with Gasteiger partial charge in [-0.15, -0.1) is 0 Å². The molecule has 0 N–H and O–H groups in total. The minimum atomic E-state index is 0.719. The average Bonchev–Trinajstić information content (AvgIpc) is 2.49. The van der Waals surface area contributed by atoms with Crippen LogP contribution < -0.4 is 0 Å². The molecule has 0 unspecified atom stereocenters. The van der Waals surface area contributed by atoms with Gasteiger partial charge in [-0.2, -0.15) is 0 Å². The second-order valence-corrected chi connectivity index (χ2v) is 3.79. The predicted molar refractivity (Wildman–Crippen MR) is 54.3 cm³/mol. The molecule has 1 heterocycles. The molecular formula is C8H5Br2NO. The molecule has 0 radical (unpaired) electrons. The van der Waals surface area contributed by atoms with Gasteiger partial charge >= 0.3 is 0 Å². The summed E-state index contributed by atoms with van der Waals surface area (Å²) in [7, 11) is 0. The topological polar surface area (TPSA) is 26.0 Å². The molecule has 0 aliphatic heterocycles. The molecule has 0 spiro atoms. The van der Waals surface area contributed by atoms with Crippen LogP contribution in [0.3, 0.4) is 0 Å². The molecule has 1 aromatic heterocycles. The van der Waals surface area contributed by atoms with Crippen LogP contribution >= 0.6 is 31.9 Å². The van der Waals surface area contributed by atoms with Crippen LogP contribution in [0.25, 0.3) is 11.0 Å². The number of alkyl halides is 1. The van der Waals surface area contributed by atoms with Crippen molar-refractivity contribution in [2.45, 2.75) is 5.33 Å². The third kappa shape index (κ3) is 1.19. The fourth-order valence-electron chi connectivity index (χ4n) is 1.08. The molecule has 2 nitrogen and oxygen atoms in total. The van der Waals surface area contributed by atoms with Gasteiger partial charge in [0.25, 0.3) is 0 Å². The first-order chi connectivity index (χ1) is 5.83. The van der Waals surface area contributed by atoms with Crippen molar-refractivity contribution in [1.82, 2.24) is 5.16 Å². The highest BCUT2D eigenvalue weighted by molar-refractivity contribution is 9.10. The van der Waals surface area contributed by atoms with Crippen molar-refractivity contribution in [2.75, 3.05) is 0 Å². The van der Waals surface area contributed by atoms with Crippen molar-refractivity contribution in [2.24, 2.45) is 0 Å². The Kier molecular flexibility index (Phi) is 2.19. The highest BCUT2D eigenvalue weighted by atomic mass is 79.9. The summed E-state index contributed by atoms with van der Waals surface area (Å²) >= 11 is 6.73. The molecule has 0 saturated carbocycles. The van der Waals surface area contributed by atoms with E-state index in [4.69, 9.17) is 4.52 Å². The molecule has 0 saturated heterocycles. The van der Waals surface area contributed by atoms with Crippen LogP contribution in [0.4, 0.5) is 0 Å².